The minimum absolute atomic E-state index is 0.201. The molecule has 19 nitrogen and oxygen atoms in total. The molecule has 0 saturated carbocycles. The minimum atomic E-state index is -4.51. The number of aromatic nitrogens is 2. The Morgan fingerprint density at radius 1 is 0.848 bits per heavy atom. The summed E-state index contributed by atoms with van der Waals surface area (Å²) in [6.07, 6.45) is -14.7. The number of ether oxygens (including phenoxy) is 2. The Morgan fingerprint density at radius 3 is 2.09 bits per heavy atom. The monoisotopic (exact) mass is 716 g/mol. The van der Waals surface area contributed by atoms with Crippen molar-refractivity contribution in [1.29, 1.82) is 0 Å². The van der Waals surface area contributed by atoms with Crippen molar-refractivity contribution in [2.45, 2.75) is 67.1 Å². The zero-order valence-corrected chi connectivity index (χ0v) is 27.1. The first kappa shape index (κ1) is 36.7. The highest BCUT2D eigenvalue weighted by Gasteiger charge is 2.48. The first-order valence-electron chi connectivity index (χ1n) is 13.5. The van der Waals surface area contributed by atoms with E-state index in [1.165, 1.54) is 24.3 Å². The molecule has 3 heterocycles. The first-order chi connectivity index (χ1) is 21.3. The van der Waals surface area contributed by atoms with Crippen LogP contribution < -0.4 is 11.2 Å². The van der Waals surface area contributed by atoms with E-state index in [4.69, 9.17) is 27.0 Å². The number of H-pyrrole nitrogens is 1. The van der Waals surface area contributed by atoms with Crippen molar-refractivity contribution in [3.05, 3.63) is 62.9 Å². The van der Waals surface area contributed by atoms with Crippen LogP contribution in [-0.2, 0) is 46.3 Å². The van der Waals surface area contributed by atoms with Crippen molar-refractivity contribution in [3.63, 3.8) is 0 Å². The molecule has 0 amide bonds. The summed E-state index contributed by atoms with van der Waals surface area (Å²) in [6, 6.07) is 6.62. The largest absolute Gasteiger partial charge is 0.387 e. The number of nitrogens with one attached hydrogen (secondary N) is 1. The van der Waals surface area contributed by atoms with E-state index in [2.05, 4.69) is 0 Å². The Balaban J connectivity index is 1.36. The molecule has 46 heavy (non-hydrogen) atoms. The van der Waals surface area contributed by atoms with Gasteiger partial charge in [-0.3, -0.25) is 32.2 Å². The Bertz CT molecular complexity index is 1700. The van der Waals surface area contributed by atoms with Gasteiger partial charge in [0.25, 0.3) is 15.7 Å². The molecule has 1 aromatic carbocycles. The van der Waals surface area contributed by atoms with Gasteiger partial charge in [0.1, 0.15) is 42.7 Å². The molecule has 11 atom stereocenters. The molecular formula is C24H34N2O17P2S. The highest BCUT2D eigenvalue weighted by molar-refractivity contribution is 7.86. The van der Waals surface area contributed by atoms with Gasteiger partial charge in [-0.2, -0.15) is 8.42 Å². The molecule has 0 aliphatic carbocycles. The summed E-state index contributed by atoms with van der Waals surface area (Å²) in [7, 11) is -13.2. The summed E-state index contributed by atoms with van der Waals surface area (Å²) in [5, 5.41) is 51.7. The maximum Gasteiger partial charge on any atom is 0.337 e. The quantitative estimate of drug-likeness (QED) is 0.106. The van der Waals surface area contributed by atoms with Crippen LogP contribution in [0.4, 0.5) is 0 Å². The van der Waals surface area contributed by atoms with Gasteiger partial charge in [-0.25, -0.2) is 9.11 Å². The molecule has 2 aromatic rings. The lowest BCUT2D eigenvalue weighted by Gasteiger charge is -2.40. The topological polar surface area (TPSA) is 280 Å². The van der Waals surface area contributed by atoms with Gasteiger partial charge in [0.05, 0.1) is 18.1 Å². The van der Waals surface area contributed by atoms with Crippen molar-refractivity contribution in [3.8, 4) is 0 Å². The maximum absolute atomic E-state index is 13.1. The van der Waals surface area contributed by atoms with E-state index in [0.29, 0.717) is 0 Å². The van der Waals surface area contributed by atoms with Crippen LogP contribution in [0.2, 0.25) is 0 Å². The van der Waals surface area contributed by atoms with Crippen LogP contribution in [0.1, 0.15) is 11.8 Å². The zero-order valence-electron chi connectivity index (χ0n) is 24.5. The number of aliphatic hydroxyl groups excluding tert-OH is 5. The molecule has 1 aromatic heterocycles. The number of hydrogen-bond acceptors (Lipinski definition) is 17. The SMILES string of the molecule is Cc1ccc(S(=O)(=O)OCC2O[C@H](OP(C)(=O)OP(C)(=O)OCC3OC(n4ccc(=O)[nH]c4=O)[C@H](O)[C@@H]3O)C(O)[C@@H](O)[C@H]2O)cc1. The fourth-order valence-corrected chi connectivity index (χ4v) is 8.89. The molecule has 258 valence electrons. The molecule has 2 fully saturated rings. The van der Waals surface area contributed by atoms with Crippen LogP contribution in [0, 0.1) is 6.92 Å². The van der Waals surface area contributed by atoms with Crippen molar-refractivity contribution < 1.29 is 70.1 Å². The normalized spacial score (nSPS) is 32.9. The number of nitrogens with zero attached hydrogens (tertiary/aromatic N) is 1. The second-order valence-corrected chi connectivity index (χ2v) is 16.5. The Morgan fingerprint density at radius 2 is 1.46 bits per heavy atom. The van der Waals surface area contributed by atoms with E-state index in [-0.39, 0.29) is 4.90 Å². The smallest absolute Gasteiger partial charge is 0.337 e. The number of aliphatic hydroxyl groups is 5. The van der Waals surface area contributed by atoms with Crippen molar-refractivity contribution >= 4 is 25.3 Å². The van der Waals surface area contributed by atoms with Gasteiger partial charge < -0.3 is 39.5 Å². The molecule has 2 aliphatic heterocycles. The molecular weight excluding hydrogens is 682 g/mol. The van der Waals surface area contributed by atoms with Crippen LogP contribution in [0.25, 0.3) is 0 Å². The number of rotatable bonds is 12. The minimum Gasteiger partial charge on any atom is -0.387 e. The van der Waals surface area contributed by atoms with Crippen LogP contribution >= 0.6 is 15.2 Å². The summed E-state index contributed by atoms with van der Waals surface area (Å²) in [6.45, 7) is 1.86. The summed E-state index contributed by atoms with van der Waals surface area (Å²) < 4.78 is 83.1. The standard InChI is InChI=1S/C24H34N2O17P2S/c1-12-4-6-13(7-5-12)46(36,37)39-11-15-17(28)19(30)21(32)23(41-15)42-45(3,35)43-44(2,34)38-10-14-18(29)20(31)22(40-14)26-9-8-16(27)25-24(26)33/h4-9,14-15,17-23,28-32H,10-11H2,1-3H3,(H,25,27,33)/t14?,15?,17-,18+,19-,20+,21?,22?,23+,44?,45?/m0/s1. The van der Waals surface area contributed by atoms with E-state index in [1.807, 2.05) is 4.98 Å². The molecule has 2 saturated heterocycles. The van der Waals surface area contributed by atoms with Crippen LogP contribution in [0.5, 0.6) is 0 Å². The van der Waals surface area contributed by atoms with E-state index < -0.39 is 105 Å². The van der Waals surface area contributed by atoms with Gasteiger partial charge in [-0.1, -0.05) is 17.7 Å². The average molecular weight is 717 g/mol. The summed E-state index contributed by atoms with van der Waals surface area (Å²) >= 11 is 0. The lowest BCUT2D eigenvalue weighted by molar-refractivity contribution is -0.277. The second kappa shape index (κ2) is 14.2. The summed E-state index contributed by atoms with van der Waals surface area (Å²) in [4.78, 5) is 25.1. The number of aryl methyl sites for hydroxylation is 1. The van der Waals surface area contributed by atoms with E-state index in [0.717, 1.165) is 35.7 Å². The van der Waals surface area contributed by atoms with Gasteiger partial charge in [-0.15, -0.1) is 0 Å². The van der Waals surface area contributed by atoms with Gasteiger partial charge in [0.2, 0.25) is 0 Å². The fraction of sp³-hybridized carbons (Fsp3) is 0.583. The van der Waals surface area contributed by atoms with Crippen LogP contribution in [0.15, 0.2) is 51.0 Å². The predicted octanol–water partition coefficient (Wildman–Crippen LogP) is -1.63. The van der Waals surface area contributed by atoms with Gasteiger partial charge in [0, 0.05) is 25.6 Å². The van der Waals surface area contributed by atoms with Crippen molar-refractivity contribution in [1.82, 2.24) is 9.55 Å². The highest BCUT2D eigenvalue weighted by Crippen LogP contribution is 2.62. The van der Waals surface area contributed by atoms with Gasteiger partial charge >= 0.3 is 20.9 Å². The number of aromatic amines is 1. The second-order valence-electron chi connectivity index (χ2n) is 10.7. The Labute approximate surface area is 261 Å². The third kappa shape index (κ3) is 8.66. The van der Waals surface area contributed by atoms with E-state index >= 15 is 0 Å². The zero-order chi connectivity index (χ0) is 34.2. The third-order valence-electron chi connectivity index (χ3n) is 6.89. The molecule has 0 radical (unpaired) electrons. The summed E-state index contributed by atoms with van der Waals surface area (Å²) in [5.41, 5.74) is -0.866. The highest BCUT2D eigenvalue weighted by atomic mass is 32.2. The molecule has 0 bridgehead atoms. The van der Waals surface area contributed by atoms with E-state index in [1.54, 1.807) is 6.92 Å². The molecule has 4 rings (SSSR count). The lowest BCUT2D eigenvalue weighted by Crippen LogP contribution is -2.59. The molecule has 0 spiro atoms. The van der Waals surface area contributed by atoms with Gasteiger partial charge in [-0.05, 0) is 19.1 Å². The molecule has 6 N–H and O–H groups in total. The number of hydrogen-bond donors (Lipinski definition) is 6. The first-order valence-corrected chi connectivity index (χ1v) is 18.9. The fourth-order valence-electron chi connectivity index (χ4n) is 4.51. The molecule has 22 heteroatoms. The van der Waals surface area contributed by atoms with Crippen molar-refractivity contribution in [2.75, 3.05) is 26.5 Å². The van der Waals surface area contributed by atoms with Crippen LogP contribution in [-0.4, -0.2) is 119 Å². The lowest BCUT2D eigenvalue weighted by atomic mass is 10.00. The Kier molecular flexibility index (Phi) is 11.3. The summed E-state index contributed by atoms with van der Waals surface area (Å²) in [5.74, 6) is 0. The van der Waals surface area contributed by atoms with E-state index in [9.17, 15) is 52.7 Å². The average Bonchev–Trinajstić information content (AvgIpc) is 3.24. The maximum atomic E-state index is 13.1. The predicted molar refractivity (Wildman–Crippen MR) is 153 cm³/mol. The molecule has 2 aliphatic rings. The van der Waals surface area contributed by atoms with Gasteiger partial charge in [0.15, 0.2) is 12.5 Å². The van der Waals surface area contributed by atoms with Crippen LogP contribution in [0.3, 0.4) is 0 Å². The van der Waals surface area contributed by atoms with Crippen molar-refractivity contribution in [2.24, 2.45) is 0 Å². The Hall–Kier alpha value is -2.13. The third-order valence-corrected chi connectivity index (χ3v) is 11.8. The number of benzene rings is 1. The molecule has 6 unspecified atom stereocenters.